The monoisotopic (exact) mass is 564 g/mol. The first-order chi connectivity index (χ1) is 15.7. The van der Waals surface area contributed by atoms with E-state index in [0.717, 1.165) is 64.8 Å². The average Bonchev–Trinajstić information content (AvgIpc) is 2.86. The first-order valence-corrected chi connectivity index (χ1v) is 11.8. The Kier molecular flexibility index (Phi) is 10.3. The summed E-state index contributed by atoms with van der Waals surface area (Å²) in [5.74, 6) is 1.25. The van der Waals surface area contributed by atoms with Crippen molar-refractivity contribution >= 4 is 35.6 Å². The van der Waals surface area contributed by atoms with Gasteiger partial charge in [0, 0.05) is 51.4 Å². The molecule has 2 aliphatic heterocycles. The maximum absolute atomic E-state index is 6.18. The third kappa shape index (κ3) is 7.07. The number of hydrogen-bond acceptors (Lipinski definition) is 4. The molecule has 2 unspecified atom stereocenters. The molecule has 2 fully saturated rings. The van der Waals surface area contributed by atoms with E-state index in [1.54, 1.807) is 0 Å². The summed E-state index contributed by atoms with van der Waals surface area (Å²) in [4.78, 5) is 6.86. The van der Waals surface area contributed by atoms with Gasteiger partial charge in [0.25, 0.3) is 0 Å². The first-order valence-electron chi connectivity index (χ1n) is 11.8. The minimum Gasteiger partial charge on any atom is -0.378 e. The third-order valence-electron chi connectivity index (χ3n) is 6.40. The second kappa shape index (κ2) is 13.2. The lowest BCUT2D eigenvalue weighted by Crippen LogP contribution is -2.42. The lowest BCUT2D eigenvalue weighted by molar-refractivity contribution is -0.0265. The molecule has 180 valence electrons. The van der Waals surface area contributed by atoms with Crippen molar-refractivity contribution in [3.05, 3.63) is 65.2 Å². The molecular weight excluding hydrogens is 527 g/mol. The van der Waals surface area contributed by atoms with Gasteiger partial charge in [-0.1, -0.05) is 48.0 Å². The number of nitrogens with one attached hydrogen (secondary N) is 2. The van der Waals surface area contributed by atoms with Crippen molar-refractivity contribution in [1.29, 1.82) is 0 Å². The average molecular weight is 565 g/mol. The molecule has 33 heavy (non-hydrogen) atoms. The molecule has 2 aliphatic rings. The molecule has 0 bridgehead atoms. The maximum atomic E-state index is 6.18. The topological polar surface area (TPSA) is 58.1 Å². The number of para-hydroxylation sites is 1. The number of aryl methyl sites for hydroxylation is 1. The fraction of sp³-hybridized carbons (Fsp3) is 0.500. The van der Waals surface area contributed by atoms with E-state index in [0.29, 0.717) is 5.92 Å². The fourth-order valence-corrected chi connectivity index (χ4v) is 4.58. The van der Waals surface area contributed by atoms with E-state index in [1.807, 2.05) is 7.05 Å². The number of morpholine rings is 1. The van der Waals surface area contributed by atoms with Crippen LogP contribution in [0.25, 0.3) is 0 Å². The normalized spacial score (nSPS) is 21.3. The fourth-order valence-electron chi connectivity index (χ4n) is 4.58. The van der Waals surface area contributed by atoms with Crippen molar-refractivity contribution in [1.82, 2.24) is 10.6 Å². The Morgan fingerprint density at radius 1 is 1.03 bits per heavy atom. The van der Waals surface area contributed by atoms with Crippen molar-refractivity contribution in [3.63, 3.8) is 0 Å². The molecule has 2 aromatic rings. The molecule has 7 heteroatoms. The van der Waals surface area contributed by atoms with Crippen LogP contribution >= 0.6 is 24.0 Å². The van der Waals surface area contributed by atoms with Crippen molar-refractivity contribution in [2.24, 2.45) is 10.9 Å². The van der Waals surface area contributed by atoms with Crippen LogP contribution in [0.3, 0.4) is 0 Å². The lowest BCUT2D eigenvalue weighted by Gasteiger charge is -2.33. The quantitative estimate of drug-likeness (QED) is 0.312. The molecule has 2 N–H and O–H groups in total. The lowest BCUT2D eigenvalue weighted by atomic mass is 9.89. The van der Waals surface area contributed by atoms with Crippen molar-refractivity contribution in [3.8, 4) is 0 Å². The summed E-state index contributed by atoms with van der Waals surface area (Å²) >= 11 is 0. The second-order valence-corrected chi connectivity index (χ2v) is 8.64. The van der Waals surface area contributed by atoms with Crippen molar-refractivity contribution < 1.29 is 9.47 Å². The summed E-state index contributed by atoms with van der Waals surface area (Å²) in [6, 6.07) is 17.3. The van der Waals surface area contributed by atoms with Crippen LogP contribution in [0, 0.1) is 12.8 Å². The summed E-state index contributed by atoms with van der Waals surface area (Å²) in [7, 11) is 1.83. The second-order valence-electron chi connectivity index (χ2n) is 8.64. The van der Waals surface area contributed by atoms with Gasteiger partial charge in [-0.15, -0.1) is 24.0 Å². The van der Waals surface area contributed by atoms with Crippen LogP contribution in [0.5, 0.6) is 0 Å². The summed E-state index contributed by atoms with van der Waals surface area (Å²) < 4.78 is 11.7. The maximum Gasteiger partial charge on any atom is 0.191 e. The number of anilines is 1. The van der Waals surface area contributed by atoms with Gasteiger partial charge in [0.05, 0.1) is 19.3 Å². The molecule has 0 spiro atoms. The van der Waals surface area contributed by atoms with Gasteiger partial charge < -0.3 is 25.0 Å². The first kappa shape index (κ1) is 25.8. The Morgan fingerprint density at radius 3 is 2.55 bits per heavy atom. The number of ether oxygens (including phenoxy) is 2. The van der Waals surface area contributed by atoms with Crippen LogP contribution in [0.1, 0.15) is 35.6 Å². The highest BCUT2D eigenvalue weighted by molar-refractivity contribution is 14.0. The van der Waals surface area contributed by atoms with Crippen LogP contribution in [0.2, 0.25) is 0 Å². The van der Waals surface area contributed by atoms with Crippen LogP contribution in [-0.4, -0.2) is 52.5 Å². The van der Waals surface area contributed by atoms with Gasteiger partial charge in [-0.05, 0) is 37.0 Å². The number of benzene rings is 2. The molecule has 0 aliphatic carbocycles. The molecule has 2 aromatic carbocycles. The zero-order chi connectivity index (χ0) is 22.2. The highest BCUT2D eigenvalue weighted by Gasteiger charge is 2.27. The molecule has 0 aromatic heterocycles. The molecule has 0 saturated carbocycles. The van der Waals surface area contributed by atoms with Crippen LogP contribution in [0.4, 0.5) is 5.69 Å². The van der Waals surface area contributed by atoms with Gasteiger partial charge >= 0.3 is 0 Å². The van der Waals surface area contributed by atoms with E-state index in [-0.39, 0.29) is 30.1 Å². The van der Waals surface area contributed by atoms with Gasteiger partial charge in [0.15, 0.2) is 5.96 Å². The number of nitrogens with zero attached hydrogens (tertiary/aromatic N) is 2. The standard InChI is InChI=1S/C26H36N4O2.HI/c1-20-9-11-21(12-10-20)25-23(7-5-15-32-25)19-29-26(27-2)28-18-22-6-3-4-8-24(22)30-13-16-31-17-14-30;/h3-4,6,8-12,23,25H,5,7,13-19H2,1-2H3,(H2,27,28,29);1H. The zero-order valence-electron chi connectivity index (χ0n) is 19.8. The Bertz CT molecular complexity index is 884. The Labute approximate surface area is 215 Å². The summed E-state index contributed by atoms with van der Waals surface area (Å²) in [6.45, 7) is 7.97. The van der Waals surface area contributed by atoms with Crippen molar-refractivity contribution in [2.45, 2.75) is 32.4 Å². The predicted octanol–water partition coefficient (Wildman–Crippen LogP) is 4.28. The molecular formula is C26H37IN4O2. The smallest absolute Gasteiger partial charge is 0.191 e. The number of aliphatic imine (C=N–C) groups is 1. The molecule has 0 amide bonds. The zero-order valence-corrected chi connectivity index (χ0v) is 22.1. The molecule has 2 saturated heterocycles. The number of halogens is 1. The minimum atomic E-state index is 0. The molecule has 6 nitrogen and oxygen atoms in total. The van der Waals surface area contributed by atoms with Gasteiger partial charge in [-0.2, -0.15) is 0 Å². The summed E-state index contributed by atoms with van der Waals surface area (Å²) in [6.07, 6.45) is 2.40. The Hall–Kier alpha value is -1.84. The van der Waals surface area contributed by atoms with Crippen molar-refractivity contribution in [2.75, 3.05) is 51.4 Å². The van der Waals surface area contributed by atoms with Gasteiger partial charge in [-0.3, -0.25) is 4.99 Å². The summed E-state index contributed by atoms with van der Waals surface area (Å²) in [5, 5.41) is 7.05. The highest BCUT2D eigenvalue weighted by Crippen LogP contribution is 2.33. The Balaban J connectivity index is 0.00000306. The van der Waals surface area contributed by atoms with Crippen LogP contribution in [0.15, 0.2) is 53.5 Å². The van der Waals surface area contributed by atoms with E-state index < -0.39 is 0 Å². The predicted molar refractivity (Wildman–Crippen MR) is 146 cm³/mol. The molecule has 4 rings (SSSR count). The van der Waals surface area contributed by atoms with E-state index in [2.05, 4.69) is 76.0 Å². The number of hydrogen-bond donors (Lipinski definition) is 2. The van der Waals surface area contributed by atoms with E-state index >= 15 is 0 Å². The third-order valence-corrected chi connectivity index (χ3v) is 6.40. The number of rotatable bonds is 6. The van der Waals surface area contributed by atoms with E-state index in [1.165, 1.54) is 22.4 Å². The molecule has 2 heterocycles. The van der Waals surface area contributed by atoms with E-state index in [4.69, 9.17) is 9.47 Å². The van der Waals surface area contributed by atoms with Crippen LogP contribution < -0.4 is 15.5 Å². The van der Waals surface area contributed by atoms with Crippen LogP contribution in [-0.2, 0) is 16.0 Å². The van der Waals surface area contributed by atoms with Gasteiger partial charge in [-0.25, -0.2) is 0 Å². The molecule has 0 radical (unpaired) electrons. The van der Waals surface area contributed by atoms with E-state index in [9.17, 15) is 0 Å². The largest absolute Gasteiger partial charge is 0.378 e. The molecule has 2 atom stereocenters. The SMILES string of the molecule is CN=C(NCc1ccccc1N1CCOCC1)NCC1CCCOC1c1ccc(C)cc1.I. The Morgan fingerprint density at radius 2 is 1.79 bits per heavy atom. The summed E-state index contributed by atoms with van der Waals surface area (Å²) in [5.41, 5.74) is 5.10. The minimum absolute atomic E-state index is 0. The highest BCUT2D eigenvalue weighted by atomic mass is 127. The van der Waals surface area contributed by atoms with Gasteiger partial charge in [0.2, 0.25) is 0 Å². The number of guanidine groups is 1. The van der Waals surface area contributed by atoms with Gasteiger partial charge in [0.1, 0.15) is 0 Å².